The number of piperidine rings is 1. The summed E-state index contributed by atoms with van der Waals surface area (Å²) in [6.07, 6.45) is 4.47. The lowest BCUT2D eigenvalue weighted by Gasteiger charge is -2.31. The van der Waals surface area contributed by atoms with Crippen molar-refractivity contribution in [3.8, 4) is 0 Å². The van der Waals surface area contributed by atoms with E-state index < -0.39 is 5.97 Å². The number of likely N-dealkylation sites (tertiary alicyclic amines) is 1. The molecule has 2 aliphatic rings. The van der Waals surface area contributed by atoms with Crippen LogP contribution in [0.25, 0.3) is 0 Å². The van der Waals surface area contributed by atoms with Crippen LogP contribution in [-0.2, 0) is 14.3 Å². The van der Waals surface area contributed by atoms with Crippen LogP contribution in [0.1, 0.15) is 32.1 Å². The number of carbonyl (C=O) groups is 2. The molecule has 1 saturated carbocycles. The lowest BCUT2D eigenvalue weighted by molar-refractivity contribution is -0.146. The highest BCUT2D eigenvalue weighted by Crippen LogP contribution is 2.18. The second kappa shape index (κ2) is 6.86. The minimum Gasteiger partial charge on any atom is -0.480 e. The molecule has 6 heteroatoms. The van der Waals surface area contributed by atoms with Gasteiger partial charge in [0.25, 0.3) is 0 Å². The van der Waals surface area contributed by atoms with Crippen molar-refractivity contribution < 1.29 is 19.4 Å². The van der Waals surface area contributed by atoms with E-state index in [1.807, 2.05) is 4.90 Å². The van der Waals surface area contributed by atoms with Gasteiger partial charge in [0.2, 0.25) is 5.91 Å². The maximum Gasteiger partial charge on any atom is 0.329 e. The van der Waals surface area contributed by atoms with Crippen molar-refractivity contribution in [3.05, 3.63) is 0 Å². The monoisotopic (exact) mass is 270 g/mol. The van der Waals surface area contributed by atoms with Gasteiger partial charge in [-0.3, -0.25) is 4.79 Å². The fraction of sp³-hybridized carbons (Fsp3) is 0.846. The van der Waals surface area contributed by atoms with Crippen molar-refractivity contribution in [1.82, 2.24) is 10.2 Å². The predicted molar refractivity (Wildman–Crippen MR) is 68.8 cm³/mol. The zero-order valence-electron chi connectivity index (χ0n) is 11.1. The van der Waals surface area contributed by atoms with Gasteiger partial charge in [0, 0.05) is 32.1 Å². The van der Waals surface area contributed by atoms with E-state index >= 15 is 0 Å². The molecule has 1 aliphatic carbocycles. The maximum atomic E-state index is 11.9. The summed E-state index contributed by atoms with van der Waals surface area (Å²) in [5.41, 5.74) is 0. The van der Waals surface area contributed by atoms with E-state index in [1.54, 1.807) is 0 Å². The van der Waals surface area contributed by atoms with Crippen LogP contribution in [0.2, 0.25) is 0 Å². The lowest BCUT2D eigenvalue weighted by Crippen LogP contribution is -2.42. The van der Waals surface area contributed by atoms with E-state index in [-0.39, 0.29) is 18.6 Å². The minimum atomic E-state index is -0.940. The molecule has 0 aromatic heterocycles. The SMILES string of the molecule is O=C(O)COC1CCN(C(=O)CCNC2CC2)CC1. The number of hydrogen-bond donors (Lipinski definition) is 2. The van der Waals surface area contributed by atoms with Crippen LogP contribution in [0.4, 0.5) is 0 Å². The summed E-state index contributed by atoms with van der Waals surface area (Å²) in [5, 5.41) is 11.9. The van der Waals surface area contributed by atoms with Gasteiger partial charge in [-0.05, 0) is 25.7 Å². The van der Waals surface area contributed by atoms with E-state index in [9.17, 15) is 9.59 Å². The number of rotatable bonds is 7. The molecule has 0 bridgehead atoms. The smallest absolute Gasteiger partial charge is 0.329 e. The Balaban J connectivity index is 1.58. The predicted octanol–water partition coefficient (Wildman–Crippen LogP) is 0.221. The number of nitrogens with one attached hydrogen (secondary N) is 1. The Morgan fingerprint density at radius 1 is 1.21 bits per heavy atom. The first kappa shape index (κ1) is 14.3. The van der Waals surface area contributed by atoms with Gasteiger partial charge >= 0.3 is 5.97 Å². The van der Waals surface area contributed by atoms with Crippen LogP contribution in [0.15, 0.2) is 0 Å². The third kappa shape index (κ3) is 5.16. The molecule has 0 unspecified atom stereocenters. The topological polar surface area (TPSA) is 78.9 Å². The highest BCUT2D eigenvalue weighted by atomic mass is 16.5. The van der Waals surface area contributed by atoms with Crippen LogP contribution >= 0.6 is 0 Å². The molecule has 1 saturated heterocycles. The quantitative estimate of drug-likeness (QED) is 0.692. The summed E-state index contributed by atoms with van der Waals surface area (Å²) in [5.74, 6) is -0.755. The molecule has 0 radical (unpaired) electrons. The zero-order valence-corrected chi connectivity index (χ0v) is 11.1. The van der Waals surface area contributed by atoms with Crippen LogP contribution < -0.4 is 5.32 Å². The van der Waals surface area contributed by atoms with E-state index in [2.05, 4.69) is 5.32 Å². The lowest BCUT2D eigenvalue weighted by atomic mass is 10.1. The first-order valence-electron chi connectivity index (χ1n) is 6.99. The van der Waals surface area contributed by atoms with Crippen molar-refractivity contribution >= 4 is 11.9 Å². The fourth-order valence-electron chi connectivity index (χ4n) is 2.29. The third-order valence-corrected chi connectivity index (χ3v) is 3.59. The van der Waals surface area contributed by atoms with E-state index in [4.69, 9.17) is 9.84 Å². The number of carboxylic acids is 1. The number of ether oxygens (including phenoxy) is 1. The van der Waals surface area contributed by atoms with E-state index in [1.165, 1.54) is 12.8 Å². The van der Waals surface area contributed by atoms with Gasteiger partial charge in [-0.2, -0.15) is 0 Å². The Labute approximate surface area is 113 Å². The zero-order chi connectivity index (χ0) is 13.7. The van der Waals surface area contributed by atoms with Crippen LogP contribution in [0.3, 0.4) is 0 Å². The van der Waals surface area contributed by atoms with Crippen LogP contribution in [-0.4, -0.2) is 60.3 Å². The second-order valence-corrected chi connectivity index (χ2v) is 5.26. The summed E-state index contributed by atoms with van der Waals surface area (Å²) >= 11 is 0. The van der Waals surface area contributed by atoms with Crippen LogP contribution in [0, 0.1) is 0 Å². The van der Waals surface area contributed by atoms with E-state index in [0.717, 1.165) is 19.4 Å². The summed E-state index contributed by atoms with van der Waals surface area (Å²) in [7, 11) is 0. The molecule has 19 heavy (non-hydrogen) atoms. The molecule has 2 fully saturated rings. The average molecular weight is 270 g/mol. The van der Waals surface area contributed by atoms with Crippen molar-refractivity contribution in [2.75, 3.05) is 26.2 Å². The molecule has 0 aromatic carbocycles. The summed E-state index contributed by atoms with van der Waals surface area (Å²) in [6, 6.07) is 0.642. The Hall–Kier alpha value is -1.14. The number of carboxylic acid groups (broad SMARTS) is 1. The second-order valence-electron chi connectivity index (χ2n) is 5.26. The van der Waals surface area contributed by atoms with Crippen molar-refractivity contribution in [1.29, 1.82) is 0 Å². The molecule has 2 N–H and O–H groups in total. The molecular formula is C13H22N2O4. The highest BCUT2D eigenvalue weighted by molar-refractivity contribution is 5.76. The normalized spacial score (nSPS) is 20.5. The molecule has 2 rings (SSSR count). The summed E-state index contributed by atoms with van der Waals surface area (Å²) in [6.45, 7) is 1.86. The van der Waals surface area contributed by atoms with Crippen LogP contribution in [0.5, 0.6) is 0 Å². The molecule has 1 heterocycles. The third-order valence-electron chi connectivity index (χ3n) is 3.59. The molecular weight excluding hydrogens is 248 g/mol. The van der Waals surface area contributed by atoms with Gasteiger partial charge in [-0.25, -0.2) is 4.79 Å². The maximum absolute atomic E-state index is 11.9. The number of hydrogen-bond acceptors (Lipinski definition) is 4. The molecule has 0 aromatic rings. The fourth-order valence-corrected chi connectivity index (χ4v) is 2.29. The highest BCUT2D eigenvalue weighted by Gasteiger charge is 2.24. The van der Waals surface area contributed by atoms with Gasteiger partial charge in [0.1, 0.15) is 6.61 Å². The van der Waals surface area contributed by atoms with Crippen molar-refractivity contribution in [3.63, 3.8) is 0 Å². The molecule has 6 nitrogen and oxygen atoms in total. The van der Waals surface area contributed by atoms with Gasteiger partial charge in [-0.15, -0.1) is 0 Å². The largest absolute Gasteiger partial charge is 0.480 e. The number of amides is 1. The number of nitrogens with zero attached hydrogens (tertiary/aromatic N) is 1. The molecule has 0 spiro atoms. The minimum absolute atomic E-state index is 0.0234. The molecule has 1 amide bonds. The molecule has 0 atom stereocenters. The molecule has 108 valence electrons. The Bertz CT molecular complexity index is 323. The summed E-state index contributed by atoms with van der Waals surface area (Å²) < 4.78 is 5.24. The van der Waals surface area contributed by atoms with E-state index in [0.29, 0.717) is 25.6 Å². The average Bonchev–Trinajstić information content (AvgIpc) is 3.21. The first-order valence-corrected chi connectivity index (χ1v) is 6.99. The summed E-state index contributed by atoms with van der Waals surface area (Å²) in [4.78, 5) is 24.2. The number of aliphatic carboxylic acids is 1. The standard InChI is InChI=1S/C13H22N2O4/c16-12(3-6-14-10-1-2-10)15-7-4-11(5-8-15)19-9-13(17)18/h10-11,14H,1-9H2,(H,17,18). The number of carbonyl (C=O) groups excluding carboxylic acids is 1. The van der Waals surface area contributed by atoms with Gasteiger partial charge in [0.15, 0.2) is 0 Å². The van der Waals surface area contributed by atoms with Gasteiger partial charge in [0.05, 0.1) is 6.10 Å². The van der Waals surface area contributed by atoms with Crippen molar-refractivity contribution in [2.24, 2.45) is 0 Å². The molecule has 1 aliphatic heterocycles. The van der Waals surface area contributed by atoms with Gasteiger partial charge in [-0.1, -0.05) is 0 Å². The first-order chi connectivity index (χ1) is 9.15. The Morgan fingerprint density at radius 2 is 1.89 bits per heavy atom. The Morgan fingerprint density at radius 3 is 2.47 bits per heavy atom. The van der Waals surface area contributed by atoms with Gasteiger partial charge < -0.3 is 20.1 Å². The van der Waals surface area contributed by atoms with Crippen molar-refractivity contribution in [2.45, 2.75) is 44.2 Å². The Kier molecular flexibility index (Phi) is 5.15.